The normalized spacial score (nSPS) is 27.4. The fourth-order valence-electron chi connectivity index (χ4n) is 17.8. The fourth-order valence-corrected chi connectivity index (χ4v) is 17.8. The molecule has 11 aromatic rings. The number of hydrogen-bond acceptors (Lipinski definition) is 25. The van der Waals surface area contributed by atoms with Crippen molar-refractivity contribution in [2.75, 3.05) is 33.5 Å². The zero-order valence-corrected chi connectivity index (χ0v) is 72.6. The molecule has 0 spiro atoms. The lowest BCUT2D eigenvalue weighted by Crippen LogP contribution is -2.72. The number of aliphatic hydroxyl groups excluding tert-OH is 1. The van der Waals surface area contributed by atoms with E-state index in [0.29, 0.717) is 22.4 Å². The lowest BCUT2D eigenvalue weighted by molar-refractivity contribution is -0.409. The third kappa shape index (κ3) is 21.1. The summed E-state index contributed by atoms with van der Waals surface area (Å²) in [6.07, 6.45) is -28.0. The monoisotopic (exact) mass is 1790 g/mol. The number of methoxy groups -OCH3 is 1. The molecule has 132 heavy (non-hydrogen) atoms. The molecule has 7 heterocycles. The van der Waals surface area contributed by atoms with Crippen LogP contribution in [0, 0.1) is 0 Å². The Hall–Kier alpha value is -11.9. The summed E-state index contributed by atoms with van der Waals surface area (Å²) in [5, 5.41) is 14.1. The van der Waals surface area contributed by atoms with Gasteiger partial charge in [-0.3, -0.25) is 33.8 Å². The van der Waals surface area contributed by atoms with E-state index < -0.39 is 159 Å². The summed E-state index contributed by atoms with van der Waals surface area (Å²) in [5.74, 6) is -2.95. The van der Waals surface area contributed by atoms with E-state index in [1.807, 2.05) is 243 Å². The predicted octanol–water partition coefficient (Wildman–Crippen LogP) is 13.9. The molecule has 27 heteroatoms. The maximum atomic E-state index is 16.2. The van der Waals surface area contributed by atoms with Crippen LogP contribution in [0.25, 0.3) is 0 Å². The third-order valence-electron chi connectivity index (χ3n) is 24.3. The minimum Gasteiger partial charge on any atom is -0.497 e. The molecule has 0 bridgehead atoms. The average Bonchev–Trinajstić information content (AvgIpc) is 1.49. The minimum absolute atomic E-state index is 0.00270. The van der Waals surface area contributed by atoms with E-state index in [-0.39, 0.29) is 101 Å². The second-order valence-electron chi connectivity index (χ2n) is 33.1. The molecule has 7 aliphatic heterocycles. The first kappa shape index (κ1) is 90.6. The molecule has 0 unspecified atom stereocenters. The van der Waals surface area contributed by atoms with Crippen molar-refractivity contribution in [1.29, 1.82) is 0 Å². The number of esters is 1. The van der Waals surface area contributed by atoms with Crippen molar-refractivity contribution in [2.45, 2.75) is 182 Å². The minimum atomic E-state index is -1.97. The summed E-state index contributed by atoms with van der Waals surface area (Å²) in [7, 11) is 1.53. The van der Waals surface area contributed by atoms with Crippen molar-refractivity contribution in [1.82, 2.24) is 9.80 Å². The molecule has 5 fully saturated rings. The van der Waals surface area contributed by atoms with Crippen LogP contribution in [0.15, 0.2) is 315 Å². The van der Waals surface area contributed by atoms with Gasteiger partial charge in [-0.1, -0.05) is 267 Å². The van der Waals surface area contributed by atoms with Gasteiger partial charge < -0.3 is 95.1 Å². The Morgan fingerprint density at radius 1 is 0.341 bits per heavy atom. The Labute approximate surface area is 763 Å². The van der Waals surface area contributed by atoms with Gasteiger partial charge in [-0.15, -0.1) is 0 Å². The van der Waals surface area contributed by atoms with Crippen LogP contribution in [-0.4, -0.2) is 201 Å². The number of ether oxygens (including phenoxy) is 19. The number of carbonyl (C=O) groups is 5. The van der Waals surface area contributed by atoms with E-state index in [1.165, 1.54) is 26.2 Å². The molecule has 27 nitrogen and oxygen atoms in total. The summed E-state index contributed by atoms with van der Waals surface area (Å²) in [6, 6.07) is 91.2. The molecule has 7 aliphatic rings. The highest BCUT2D eigenvalue weighted by Crippen LogP contribution is 2.46. The summed E-state index contributed by atoms with van der Waals surface area (Å²) in [4.78, 5) is 79.7. The van der Waals surface area contributed by atoms with Crippen LogP contribution in [0.5, 0.6) is 11.5 Å². The number of rotatable bonds is 37. The van der Waals surface area contributed by atoms with Crippen molar-refractivity contribution >= 4 is 29.6 Å². The highest BCUT2D eigenvalue weighted by molar-refractivity contribution is 6.22. The molecule has 682 valence electrons. The molecule has 11 aromatic carbocycles. The van der Waals surface area contributed by atoms with Gasteiger partial charge in [0.25, 0.3) is 23.6 Å². The Bertz CT molecular complexity index is 5520. The molecular weight excluding hydrogens is 1690 g/mol. The number of nitrogens with zero attached hydrogens (tertiary/aromatic N) is 2. The molecule has 0 aliphatic carbocycles. The Morgan fingerprint density at radius 2 is 0.674 bits per heavy atom. The lowest BCUT2D eigenvalue weighted by Gasteiger charge is -2.54. The number of hydrogen-bond donors (Lipinski definition) is 1. The van der Waals surface area contributed by atoms with Gasteiger partial charge in [0.1, 0.15) is 103 Å². The molecule has 0 saturated carbocycles. The maximum absolute atomic E-state index is 16.2. The number of fused-ring (bicyclic) bond motifs is 3. The zero-order valence-electron chi connectivity index (χ0n) is 72.6. The predicted molar refractivity (Wildman–Crippen MR) is 474 cm³/mol. The van der Waals surface area contributed by atoms with E-state index in [4.69, 9.17) is 90.0 Å². The zero-order chi connectivity index (χ0) is 90.2. The summed E-state index contributed by atoms with van der Waals surface area (Å²) in [5.41, 5.74) is 6.19. The molecule has 5 saturated heterocycles. The summed E-state index contributed by atoms with van der Waals surface area (Å²) >= 11 is 0. The second-order valence-corrected chi connectivity index (χ2v) is 33.1. The molecule has 21 atom stereocenters. The van der Waals surface area contributed by atoms with E-state index in [9.17, 15) is 9.90 Å². The number of imide groups is 2. The van der Waals surface area contributed by atoms with Crippen LogP contribution < -0.4 is 9.47 Å². The van der Waals surface area contributed by atoms with E-state index in [0.717, 1.165) is 37.6 Å². The van der Waals surface area contributed by atoms with Gasteiger partial charge in [-0.2, -0.15) is 0 Å². The Balaban J connectivity index is 0.773. The first-order chi connectivity index (χ1) is 64.8. The van der Waals surface area contributed by atoms with Crippen LogP contribution >= 0.6 is 0 Å². The summed E-state index contributed by atoms with van der Waals surface area (Å²) in [6.45, 7) is 0.0499. The van der Waals surface area contributed by atoms with Crippen LogP contribution in [0.4, 0.5) is 0 Å². The van der Waals surface area contributed by atoms with Gasteiger partial charge in [0.2, 0.25) is 6.29 Å². The lowest BCUT2D eigenvalue weighted by atomic mass is 9.92. The molecule has 0 aromatic heterocycles. The van der Waals surface area contributed by atoms with Crippen LogP contribution in [0.1, 0.15) is 99.2 Å². The topological polar surface area (TPSA) is 287 Å². The highest BCUT2D eigenvalue weighted by atomic mass is 16.8. The largest absolute Gasteiger partial charge is 0.497 e. The molecular formula is C105H102N2O25. The third-order valence-corrected chi connectivity index (χ3v) is 24.3. The SMILES string of the molecule is COc1ccc(O[C@@H]2O[C@H](COCc3ccccc3)[C@@H](O[C@@H]3O[C@H](COCc4ccccc4)[C@@H](O[C@@H]4O[C@@H]5CO[C@@H](c6ccccc6)O[C@H]5[C@H](O[C@H]5O[C@H](COCc6ccccc6)[C@@H](OCc6ccccc6)[C@H](OCc6ccccc6)[C@@H]5OC(C)=O)[C@@H]4O)[C@H](OCc4ccccc4)[C@H]3N3C(=O)c4ccccc4C3=O)[C@H](OCc3ccccc3)[C@H]2N2C(=O)c3ccccc3C2=O)cc1. The fraction of sp³-hybridized carbons (Fsp3) is 0.324. The van der Waals surface area contributed by atoms with Gasteiger partial charge in [-0.25, -0.2) is 0 Å². The van der Waals surface area contributed by atoms with Gasteiger partial charge in [-0.05, 0) is 87.5 Å². The van der Waals surface area contributed by atoms with Crippen molar-refractivity contribution in [3.63, 3.8) is 0 Å². The van der Waals surface area contributed by atoms with Crippen molar-refractivity contribution in [3.05, 3.63) is 382 Å². The number of carbonyl (C=O) groups excluding carboxylic acids is 5. The van der Waals surface area contributed by atoms with Gasteiger partial charge in [0.15, 0.2) is 31.3 Å². The van der Waals surface area contributed by atoms with E-state index >= 15 is 19.2 Å². The standard InChI is InChI=1S/C105H102N2O25/c1-66(108)123-96-95(121-61-73-43-23-9-24-44-73)88(118-58-70-37-17-6-18-38-70)81(62-115-55-67-31-11-3-12-32-67)128-105(96)132-94-87(109)104(127-84-65-122-101(129-91(84)94)74-45-25-10-26-46-74)131-90-83(64-117-57-69-35-15-5-16-36-69)126-103(86(93(90)120-60-72-41-21-8-22-42-72)107-99(112)79-49-29-30-50-80(79)100(107)113)130-89-82(63-116-56-68-33-13-4-14-34-68)125-102(124-76-53-51-75(114-2)52-54-76)85(92(89)119-59-71-39-19-7-20-40-71)106-97(110)77-47-27-28-48-78(77)98(106)111/h3-54,81-96,101-105,109H,55-65H2,1-2H3/t81-,82-,83-,84-,85-,86-,87+,88-,89-,90-,91-,92-,93-,94-,95+,96+,101-,102-,103+,104+,105-/m1/s1. The molecule has 4 amide bonds. The molecule has 18 rings (SSSR count). The average molecular weight is 1790 g/mol. The number of aliphatic hydroxyl groups is 1. The molecule has 1 N–H and O–H groups in total. The second kappa shape index (κ2) is 43.2. The number of amides is 4. The maximum Gasteiger partial charge on any atom is 0.303 e. The highest BCUT2D eigenvalue weighted by Gasteiger charge is 2.63. The van der Waals surface area contributed by atoms with Gasteiger partial charge in [0, 0.05) is 12.5 Å². The van der Waals surface area contributed by atoms with Crippen LogP contribution in [-0.2, 0) is 132 Å². The van der Waals surface area contributed by atoms with Crippen LogP contribution in [0.3, 0.4) is 0 Å². The Kier molecular flexibility index (Phi) is 29.7. The first-order valence-corrected chi connectivity index (χ1v) is 44.3. The first-order valence-electron chi connectivity index (χ1n) is 44.3. The number of benzene rings is 11. The van der Waals surface area contributed by atoms with Crippen molar-refractivity contribution < 1.29 is 119 Å². The quantitative estimate of drug-likeness (QED) is 0.0279. The van der Waals surface area contributed by atoms with Crippen LogP contribution in [0.2, 0.25) is 0 Å². The van der Waals surface area contributed by atoms with E-state index in [2.05, 4.69) is 0 Å². The van der Waals surface area contributed by atoms with Gasteiger partial charge >= 0.3 is 5.97 Å². The van der Waals surface area contributed by atoms with Gasteiger partial charge in [0.05, 0.1) is 102 Å². The summed E-state index contributed by atoms with van der Waals surface area (Å²) < 4.78 is 134. The van der Waals surface area contributed by atoms with Crippen molar-refractivity contribution in [3.8, 4) is 11.5 Å². The Morgan fingerprint density at radius 3 is 1.08 bits per heavy atom. The smallest absolute Gasteiger partial charge is 0.303 e. The van der Waals surface area contributed by atoms with E-state index in [1.54, 1.807) is 60.7 Å². The van der Waals surface area contributed by atoms with Crippen molar-refractivity contribution in [2.24, 2.45) is 0 Å². The molecule has 0 radical (unpaired) electrons.